The van der Waals surface area contributed by atoms with Gasteiger partial charge in [0.2, 0.25) is 0 Å². The Labute approximate surface area is 120 Å². The monoisotopic (exact) mass is 323 g/mol. The molecule has 0 unspecified atom stereocenters. The van der Waals surface area contributed by atoms with Gasteiger partial charge in [0.05, 0.1) is 0 Å². The molecule has 2 nitrogen and oxygen atoms in total. The van der Waals surface area contributed by atoms with Gasteiger partial charge in [-0.25, -0.2) is 4.39 Å². The molecule has 0 aliphatic carbocycles. The molecule has 2 aromatic rings. The summed E-state index contributed by atoms with van der Waals surface area (Å²) in [5.41, 5.74) is 0.555. The molecule has 0 fully saturated rings. The Kier molecular flexibility index (Phi) is 4.53. The van der Waals surface area contributed by atoms with Crippen LogP contribution in [-0.4, -0.2) is 29.2 Å². The molecule has 0 bridgehead atoms. The van der Waals surface area contributed by atoms with Crippen molar-refractivity contribution in [1.82, 2.24) is 4.90 Å². The van der Waals surface area contributed by atoms with E-state index in [1.54, 1.807) is 29.2 Å². The van der Waals surface area contributed by atoms with Gasteiger partial charge in [0.25, 0.3) is 5.91 Å². The fourth-order valence-electron chi connectivity index (χ4n) is 2.12. The Balaban J connectivity index is 2.51. The van der Waals surface area contributed by atoms with Gasteiger partial charge in [-0.1, -0.05) is 40.2 Å². The van der Waals surface area contributed by atoms with Gasteiger partial charge in [-0.15, -0.1) is 0 Å². The van der Waals surface area contributed by atoms with Crippen molar-refractivity contribution in [3.8, 4) is 0 Å². The van der Waals surface area contributed by atoms with Crippen LogP contribution in [-0.2, 0) is 0 Å². The molecular weight excluding hydrogens is 309 g/mol. The molecule has 0 atom stereocenters. The third kappa shape index (κ3) is 2.78. The summed E-state index contributed by atoms with van der Waals surface area (Å²) in [6.07, 6.45) is 0. The van der Waals surface area contributed by atoms with Crippen molar-refractivity contribution in [2.45, 2.75) is 6.92 Å². The first-order valence-corrected chi connectivity index (χ1v) is 7.33. The topological polar surface area (TPSA) is 20.3 Å². The number of nitrogens with zero attached hydrogens (tertiary/aromatic N) is 1. The second-order valence-electron chi connectivity index (χ2n) is 4.21. The summed E-state index contributed by atoms with van der Waals surface area (Å²) in [6.45, 7) is 3.21. The third-order valence-corrected chi connectivity index (χ3v) is 3.48. The van der Waals surface area contributed by atoms with Crippen LogP contribution < -0.4 is 0 Å². The van der Waals surface area contributed by atoms with E-state index in [4.69, 9.17) is 0 Å². The summed E-state index contributed by atoms with van der Waals surface area (Å²) in [6, 6.07) is 10.00. The standard InChI is InChI=1S/C15H15BrFNO/c1-2-18(10-9-16)15(19)13-7-8-14(17)12-6-4-3-5-11(12)13/h3-8H,2,9-10H2,1H3. The summed E-state index contributed by atoms with van der Waals surface area (Å²) < 4.78 is 13.7. The molecule has 0 spiro atoms. The molecule has 0 radical (unpaired) electrons. The number of amides is 1. The highest BCUT2D eigenvalue weighted by molar-refractivity contribution is 9.09. The van der Waals surface area contributed by atoms with Gasteiger partial charge in [-0.2, -0.15) is 0 Å². The summed E-state index contributed by atoms with van der Waals surface area (Å²) in [4.78, 5) is 14.2. The van der Waals surface area contributed by atoms with Gasteiger partial charge < -0.3 is 4.90 Å². The molecular formula is C15H15BrFNO. The van der Waals surface area contributed by atoms with Crippen molar-refractivity contribution in [1.29, 1.82) is 0 Å². The summed E-state index contributed by atoms with van der Waals surface area (Å²) >= 11 is 3.34. The minimum atomic E-state index is -0.296. The van der Waals surface area contributed by atoms with Crippen LogP contribution in [0.1, 0.15) is 17.3 Å². The minimum absolute atomic E-state index is 0.0573. The second kappa shape index (κ2) is 6.15. The van der Waals surface area contributed by atoms with E-state index in [2.05, 4.69) is 15.9 Å². The molecule has 0 saturated carbocycles. The zero-order chi connectivity index (χ0) is 13.8. The number of carbonyl (C=O) groups excluding carboxylic acids is 1. The largest absolute Gasteiger partial charge is 0.338 e. The quantitative estimate of drug-likeness (QED) is 0.783. The first kappa shape index (κ1) is 14.0. The van der Waals surface area contributed by atoms with Crippen LogP contribution in [0.2, 0.25) is 0 Å². The average molecular weight is 324 g/mol. The van der Waals surface area contributed by atoms with Crippen LogP contribution in [0.25, 0.3) is 10.8 Å². The fraction of sp³-hybridized carbons (Fsp3) is 0.267. The summed E-state index contributed by atoms with van der Waals surface area (Å²) in [5, 5.41) is 1.88. The molecule has 2 aromatic carbocycles. The smallest absolute Gasteiger partial charge is 0.254 e. The molecule has 19 heavy (non-hydrogen) atoms. The van der Waals surface area contributed by atoms with Gasteiger partial charge in [-0.3, -0.25) is 4.79 Å². The maximum atomic E-state index is 13.7. The lowest BCUT2D eigenvalue weighted by molar-refractivity contribution is 0.0777. The highest BCUT2D eigenvalue weighted by Crippen LogP contribution is 2.23. The summed E-state index contributed by atoms with van der Waals surface area (Å²) in [5.74, 6) is -0.353. The maximum absolute atomic E-state index is 13.7. The Morgan fingerprint density at radius 2 is 1.89 bits per heavy atom. The molecule has 0 heterocycles. The Morgan fingerprint density at radius 1 is 1.21 bits per heavy atom. The number of carbonyl (C=O) groups is 1. The second-order valence-corrected chi connectivity index (χ2v) is 5.01. The van der Waals surface area contributed by atoms with Gasteiger partial charge in [0.15, 0.2) is 0 Å². The highest BCUT2D eigenvalue weighted by Gasteiger charge is 2.17. The van der Waals surface area contributed by atoms with E-state index in [0.29, 0.717) is 29.4 Å². The number of fused-ring (bicyclic) bond motifs is 1. The van der Waals surface area contributed by atoms with Crippen molar-refractivity contribution in [3.63, 3.8) is 0 Å². The fourth-order valence-corrected chi connectivity index (χ4v) is 2.55. The number of benzene rings is 2. The van der Waals surface area contributed by atoms with Crippen LogP contribution in [0, 0.1) is 5.82 Å². The van der Waals surface area contributed by atoms with Gasteiger partial charge in [0, 0.05) is 29.4 Å². The molecule has 0 aliphatic heterocycles. The molecule has 0 aromatic heterocycles. The third-order valence-electron chi connectivity index (χ3n) is 3.12. The maximum Gasteiger partial charge on any atom is 0.254 e. The molecule has 0 saturated heterocycles. The zero-order valence-electron chi connectivity index (χ0n) is 10.7. The Hall–Kier alpha value is -1.42. The van der Waals surface area contributed by atoms with Crippen LogP contribution in [0.5, 0.6) is 0 Å². The van der Waals surface area contributed by atoms with Gasteiger partial charge in [-0.05, 0) is 24.4 Å². The first-order chi connectivity index (χ1) is 9.19. The van der Waals surface area contributed by atoms with E-state index < -0.39 is 0 Å². The van der Waals surface area contributed by atoms with Crippen LogP contribution >= 0.6 is 15.9 Å². The highest BCUT2D eigenvalue weighted by atomic mass is 79.9. The molecule has 0 aliphatic rings. The molecule has 100 valence electrons. The number of alkyl halides is 1. The van der Waals surface area contributed by atoms with E-state index in [1.807, 2.05) is 13.0 Å². The van der Waals surface area contributed by atoms with E-state index in [1.165, 1.54) is 6.07 Å². The average Bonchev–Trinajstić information content (AvgIpc) is 2.45. The SMILES string of the molecule is CCN(CCBr)C(=O)c1ccc(F)c2ccccc12. The number of hydrogen-bond acceptors (Lipinski definition) is 1. The molecule has 0 N–H and O–H groups in total. The Morgan fingerprint density at radius 3 is 2.53 bits per heavy atom. The number of hydrogen-bond donors (Lipinski definition) is 0. The Bertz CT molecular complexity index is 600. The van der Waals surface area contributed by atoms with Crippen molar-refractivity contribution in [3.05, 3.63) is 47.8 Å². The van der Waals surface area contributed by atoms with Crippen molar-refractivity contribution in [2.24, 2.45) is 0 Å². The van der Waals surface area contributed by atoms with Crippen molar-refractivity contribution in [2.75, 3.05) is 18.4 Å². The molecule has 2 rings (SSSR count). The van der Waals surface area contributed by atoms with E-state index >= 15 is 0 Å². The summed E-state index contributed by atoms with van der Waals surface area (Å²) in [7, 11) is 0. The molecule has 4 heteroatoms. The minimum Gasteiger partial charge on any atom is -0.338 e. The van der Waals surface area contributed by atoms with Gasteiger partial charge in [0.1, 0.15) is 5.82 Å². The van der Waals surface area contributed by atoms with E-state index in [-0.39, 0.29) is 11.7 Å². The molecule has 1 amide bonds. The van der Waals surface area contributed by atoms with Crippen molar-refractivity contribution < 1.29 is 9.18 Å². The van der Waals surface area contributed by atoms with Gasteiger partial charge >= 0.3 is 0 Å². The van der Waals surface area contributed by atoms with E-state index in [9.17, 15) is 9.18 Å². The number of rotatable bonds is 4. The predicted octanol–water partition coefficient (Wildman–Crippen LogP) is 3.84. The predicted molar refractivity (Wildman–Crippen MR) is 79.3 cm³/mol. The van der Waals surface area contributed by atoms with Crippen LogP contribution in [0.4, 0.5) is 4.39 Å². The van der Waals surface area contributed by atoms with Crippen LogP contribution in [0.3, 0.4) is 0 Å². The first-order valence-electron chi connectivity index (χ1n) is 6.21. The normalized spacial score (nSPS) is 10.7. The van der Waals surface area contributed by atoms with Crippen LogP contribution in [0.15, 0.2) is 36.4 Å². The van der Waals surface area contributed by atoms with E-state index in [0.717, 1.165) is 5.33 Å². The zero-order valence-corrected chi connectivity index (χ0v) is 12.3. The lowest BCUT2D eigenvalue weighted by Crippen LogP contribution is -2.32. The van der Waals surface area contributed by atoms with Crippen molar-refractivity contribution >= 4 is 32.6 Å². The lowest BCUT2D eigenvalue weighted by atomic mass is 10.0. The number of halogens is 2. The lowest BCUT2D eigenvalue weighted by Gasteiger charge is -2.20.